The number of aliphatic carboxylic acids is 1. The van der Waals surface area contributed by atoms with Crippen molar-refractivity contribution >= 4 is 23.4 Å². The summed E-state index contributed by atoms with van der Waals surface area (Å²) in [5.41, 5.74) is 1.14. The molecule has 7 heteroatoms. The van der Waals surface area contributed by atoms with Gasteiger partial charge in [-0.15, -0.1) is 0 Å². The third kappa shape index (κ3) is 4.03. The number of carbonyl (C=O) groups excluding carboxylic acids is 2. The SMILES string of the molecule is Cc1ccc(/C(O)=C2\C(=O)C(=O)N(CCCC(=O)O)[C@H]2c2ccccc2F)cc1. The van der Waals surface area contributed by atoms with Crippen molar-refractivity contribution in [3.63, 3.8) is 0 Å². The average molecular weight is 397 g/mol. The Morgan fingerprint density at radius 2 is 1.72 bits per heavy atom. The molecule has 1 heterocycles. The minimum Gasteiger partial charge on any atom is -0.507 e. The summed E-state index contributed by atoms with van der Waals surface area (Å²) in [7, 11) is 0. The predicted molar refractivity (Wildman–Crippen MR) is 103 cm³/mol. The molecule has 1 aliphatic rings. The van der Waals surface area contributed by atoms with Gasteiger partial charge in [0.25, 0.3) is 11.7 Å². The molecular weight excluding hydrogens is 377 g/mol. The molecule has 0 spiro atoms. The quantitative estimate of drug-likeness (QED) is 0.442. The fourth-order valence-electron chi connectivity index (χ4n) is 3.40. The predicted octanol–water partition coefficient (Wildman–Crippen LogP) is 3.42. The van der Waals surface area contributed by atoms with Gasteiger partial charge in [0.15, 0.2) is 0 Å². The monoisotopic (exact) mass is 397 g/mol. The highest BCUT2D eigenvalue weighted by atomic mass is 19.1. The summed E-state index contributed by atoms with van der Waals surface area (Å²) in [4.78, 5) is 37.3. The number of carbonyl (C=O) groups is 3. The Labute approximate surface area is 166 Å². The number of hydrogen-bond donors (Lipinski definition) is 2. The van der Waals surface area contributed by atoms with E-state index >= 15 is 0 Å². The number of Topliss-reactive ketones (excluding diaryl/α,β-unsaturated/α-hetero) is 1. The highest BCUT2D eigenvalue weighted by molar-refractivity contribution is 6.46. The number of carboxylic acid groups (broad SMARTS) is 1. The first kappa shape index (κ1) is 20.3. The molecule has 1 saturated heterocycles. The molecule has 1 atom stereocenters. The molecule has 1 amide bonds. The van der Waals surface area contributed by atoms with E-state index < -0.39 is 35.3 Å². The van der Waals surface area contributed by atoms with E-state index in [1.165, 1.54) is 18.2 Å². The number of ketones is 1. The smallest absolute Gasteiger partial charge is 0.303 e. The second-order valence-electron chi connectivity index (χ2n) is 6.88. The average Bonchev–Trinajstić information content (AvgIpc) is 2.93. The van der Waals surface area contributed by atoms with Gasteiger partial charge in [0, 0.05) is 24.1 Å². The first-order valence-electron chi connectivity index (χ1n) is 9.13. The van der Waals surface area contributed by atoms with Crippen LogP contribution in [0.4, 0.5) is 4.39 Å². The van der Waals surface area contributed by atoms with E-state index in [9.17, 15) is 23.9 Å². The van der Waals surface area contributed by atoms with Crippen LogP contribution < -0.4 is 0 Å². The summed E-state index contributed by atoms with van der Waals surface area (Å²) < 4.78 is 14.6. The zero-order valence-electron chi connectivity index (χ0n) is 15.8. The Hall–Kier alpha value is -3.48. The lowest BCUT2D eigenvalue weighted by Crippen LogP contribution is -2.31. The lowest BCUT2D eigenvalue weighted by molar-refractivity contribution is -0.140. The Morgan fingerprint density at radius 1 is 1.07 bits per heavy atom. The summed E-state index contributed by atoms with van der Waals surface area (Å²) >= 11 is 0. The van der Waals surface area contributed by atoms with E-state index in [0.29, 0.717) is 5.56 Å². The molecule has 0 unspecified atom stereocenters. The van der Waals surface area contributed by atoms with Crippen molar-refractivity contribution in [1.29, 1.82) is 0 Å². The van der Waals surface area contributed by atoms with Crippen LogP contribution in [0.1, 0.15) is 35.6 Å². The minimum absolute atomic E-state index is 0.0550. The van der Waals surface area contributed by atoms with Crippen LogP contribution in [0.2, 0.25) is 0 Å². The molecule has 150 valence electrons. The van der Waals surface area contributed by atoms with Crippen molar-refractivity contribution in [3.8, 4) is 0 Å². The molecule has 3 rings (SSSR count). The number of rotatable bonds is 6. The number of carboxylic acids is 1. The molecule has 6 nitrogen and oxygen atoms in total. The van der Waals surface area contributed by atoms with Crippen molar-refractivity contribution < 1.29 is 29.0 Å². The van der Waals surface area contributed by atoms with E-state index in [-0.39, 0.29) is 30.5 Å². The molecule has 2 aromatic rings. The Kier molecular flexibility index (Phi) is 5.77. The summed E-state index contributed by atoms with van der Waals surface area (Å²) in [6.07, 6.45) is -0.108. The van der Waals surface area contributed by atoms with Crippen LogP contribution >= 0.6 is 0 Å². The van der Waals surface area contributed by atoms with Gasteiger partial charge < -0.3 is 15.1 Å². The third-order valence-corrected chi connectivity index (χ3v) is 4.85. The molecule has 0 aliphatic carbocycles. The standard InChI is InChI=1S/C22H20FNO5/c1-13-8-10-14(11-9-13)20(27)18-19(15-5-2-3-6-16(15)23)24(22(29)21(18)28)12-4-7-17(25)26/h2-3,5-6,8-11,19,27H,4,7,12H2,1H3,(H,25,26)/b20-18+/t19-/m0/s1. The van der Waals surface area contributed by atoms with Gasteiger partial charge >= 0.3 is 5.97 Å². The van der Waals surface area contributed by atoms with Gasteiger partial charge in [0.2, 0.25) is 0 Å². The summed E-state index contributed by atoms with van der Waals surface area (Å²) in [5, 5.41) is 19.7. The van der Waals surface area contributed by atoms with Crippen molar-refractivity contribution in [3.05, 3.63) is 76.6 Å². The van der Waals surface area contributed by atoms with Crippen LogP contribution in [0.3, 0.4) is 0 Å². The van der Waals surface area contributed by atoms with Gasteiger partial charge in [-0.05, 0) is 19.4 Å². The van der Waals surface area contributed by atoms with Crippen molar-refractivity contribution in [2.45, 2.75) is 25.8 Å². The fourth-order valence-corrected chi connectivity index (χ4v) is 3.40. The largest absolute Gasteiger partial charge is 0.507 e. The van der Waals surface area contributed by atoms with Crippen molar-refractivity contribution in [2.75, 3.05) is 6.54 Å². The Morgan fingerprint density at radius 3 is 2.34 bits per heavy atom. The topological polar surface area (TPSA) is 94.9 Å². The normalized spacial score (nSPS) is 18.3. The van der Waals surface area contributed by atoms with Gasteiger partial charge in [-0.25, -0.2) is 4.39 Å². The van der Waals surface area contributed by atoms with E-state index in [2.05, 4.69) is 0 Å². The van der Waals surface area contributed by atoms with Gasteiger partial charge in [-0.3, -0.25) is 14.4 Å². The molecule has 29 heavy (non-hydrogen) atoms. The number of amides is 1. The first-order valence-corrected chi connectivity index (χ1v) is 9.13. The summed E-state index contributed by atoms with van der Waals surface area (Å²) in [6, 6.07) is 11.3. The van der Waals surface area contributed by atoms with Gasteiger partial charge in [0.1, 0.15) is 11.6 Å². The molecule has 0 bridgehead atoms. The summed E-state index contributed by atoms with van der Waals surface area (Å²) in [5.74, 6) is -3.87. The highest BCUT2D eigenvalue weighted by Crippen LogP contribution is 2.40. The second-order valence-corrected chi connectivity index (χ2v) is 6.88. The van der Waals surface area contributed by atoms with Gasteiger partial charge in [-0.1, -0.05) is 48.0 Å². The van der Waals surface area contributed by atoms with Crippen LogP contribution in [-0.2, 0) is 14.4 Å². The summed E-state index contributed by atoms with van der Waals surface area (Å²) in [6.45, 7) is 1.81. The molecule has 0 radical (unpaired) electrons. The molecule has 2 aromatic carbocycles. The lowest BCUT2D eigenvalue weighted by Gasteiger charge is -2.25. The highest BCUT2D eigenvalue weighted by Gasteiger charge is 2.46. The number of aliphatic hydroxyl groups is 1. The van der Waals surface area contributed by atoms with E-state index in [1.807, 2.05) is 6.92 Å². The van der Waals surface area contributed by atoms with E-state index in [0.717, 1.165) is 10.5 Å². The first-order chi connectivity index (χ1) is 13.8. The Bertz CT molecular complexity index is 997. The van der Waals surface area contributed by atoms with E-state index in [1.54, 1.807) is 30.3 Å². The maximum Gasteiger partial charge on any atom is 0.303 e. The van der Waals surface area contributed by atoms with Crippen LogP contribution in [0.25, 0.3) is 5.76 Å². The molecule has 0 aromatic heterocycles. The van der Waals surface area contributed by atoms with Crippen LogP contribution in [0.5, 0.6) is 0 Å². The third-order valence-electron chi connectivity index (χ3n) is 4.85. The molecule has 2 N–H and O–H groups in total. The molecule has 0 saturated carbocycles. The molecular formula is C22H20FNO5. The number of likely N-dealkylation sites (tertiary alicyclic amines) is 1. The number of nitrogens with zero attached hydrogens (tertiary/aromatic N) is 1. The van der Waals surface area contributed by atoms with Crippen LogP contribution in [0.15, 0.2) is 54.1 Å². The van der Waals surface area contributed by atoms with Gasteiger partial charge in [-0.2, -0.15) is 0 Å². The zero-order chi connectivity index (χ0) is 21.1. The Balaban J connectivity index is 2.12. The number of aryl methyl sites for hydroxylation is 1. The number of aliphatic hydroxyl groups excluding tert-OH is 1. The lowest BCUT2D eigenvalue weighted by atomic mass is 9.94. The molecule has 1 aliphatic heterocycles. The van der Waals surface area contributed by atoms with Gasteiger partial charge in [0.05, 0.1) is 11.6 Å². The number of halogens is 1. The minimum atomic E-state index is -1.13. The zero-order valence-corrected chi connectivity index (χ0v) is 15.8. The van der Waals surface area contributed by atoms with Crippen molar-refractivity contribution in [1.82, 2.24) is 4.90 Å². The van der Waals surface area contributed by atoms with Crippen LogP contribution in [-0.4, -0.2) is 39.3 Å². The van der Waals surface area contributed by atoms with Crippen molar-refractivity contribution in [2.24, 2.45) is 0 Å². The molecule has 1 fully saturated rings. The second kappa shape index (κ2) is 8.26. The fraction of sp³-hybridized carbons (Fsp3) is 0.227. The van der Waals surface area contributed by atoms with Crippen LogP contribution in [0, 0.1) is 12.7 Å². The maximum atomic E-state index is 14.6. The van der Waals surface area contributed by atoms with E-state index in [4.69, 9.17) is 5.11 Å². The maximum absolute atomic E-state index is 14.6. The number of benzene rings is 2. The number of hydrogen-bond acceptors (Lipinski definition) is 4.